The molecule has 1 aromatic heterocycles. The van der Waals surface area contributed by atoms with E-state index in [0.717, 1.165) is 35.4 Å². The molecule has 0 aliphatic heterocycles. The van der Waals surface area contributed by atoms with Gasteiger partial charge in [0, 0.05) is 49.6 Å². The van der Waals surface area contributed by atoms with E-state index in [-0.39, 0.29) is 17.9 Å². The Morgan fingerprint density at radius 3 is 2.23 bits per heavy atom. The number of halogens is 3. The Balaban J connectivity index is 2.15. The second-order valence-corrected chi connectivity index (χ2v) is 7.94. The van der Waals surface area contributed by atoms with Gasteiger partial charge in [0.2, 0.25) is 5.91 Å². The predicted octanol–water partition coefficient (Wildman–Crippen LogP) is 6.37. The Hall–Kier alpha value is -2.76. The van der Waals surface area contributed by atoms with Crippen LogP contribution in [-0.4, -0.2) is 28.5 Å². The van der Waals surface area contributed by atoms with Crippen molar-refractivity contribution in [1.82, 2.24) is 9.47 Å². The van der Waals surface area contributed by atoms with Gasteiger partial charge < -0.3 is 9.47 Å². The van der Waals surface area contributed by atoms with Crippen molar-refractivity contribution in [2.75, 3.05) is 13.1 Å². The molecule has 0 saturated carbocycles. The third-order valence-corrected chi connectivity index (χ3v) is 5.66. The number of aryl methyl sites for hydroxylation is 1. The van der Waals surface area contributed by atoms with Crippen molar-refractivity contribution in [3.8, 4) is 0 Å². The van der Waals surface area contributed by atoms with Gasteiger partial charge in [-0.05, 0) is 36.1 Å². The van der Waals surface area contributed by atoms with Gasteiger partial charge in [0.1, 0.15) is 0 Å². The van der Waals surface area contributed by atoms with Crippen LogP contribution in [0.4, 0.5) is 13.2 Å². The molecule has 3 nitrogen and oxygen atoms in total. The highest BCUT2D eigenvalue weighted by molar-refractivity contribution is 5.86. The molecule has 0 saturated heterocycles. The molecular formula is C25H29F3N2O. The highest BCUT2D eigenvalue weighted by Gasteiger charge is 2.36. The van der Waals surface area contributed by atoms with E-state index in [2.05, 4.69) is 0 Å². The second-order valence-electron chi connectivity index (χ2n) is 7.94. The summed E-state index contributed by atoms with van der Waals surface area (Å²) in [6, 6.07) is 13.3. The van der Waals surface area contributed by atoms with Gasteiger partial charge in [-0.2, -0.15) is 13.2 Å². The minimum atomic E-state index is -4.49. The highest BCUT2D eigenvalue weighted by Crippen LogP contribution is 2.41. The minimum Gasteiger partial charge on any atom is -0.350 e. The van der Waals surface area contributed by atoms with Gasteiger partial charge in [-0.15, -0.1) is 0 Å². The largest absolute Gasteiger partial charge is 0.416 e. The van der Waals surface area contributed by atoms with Crippen LogP contribution >= 0.6 is 0 Å². The van der Waals surface area contributed by atoms with Crippen molar-refractivity contribution in [1.29, 1.82) is 0 Å². The molecule has 31 heavy (non-hydrogen) atoms. The highest BCUT2D eigenvalue weighted by atomic mass is 19.4. The van der Waals surface area contributed by atoms with Crippen LogP contribution in [0.3, 0.4) is 0 Å². The standard InChI is InChI=1S/C25H29F3N2O/c1-4-14-30(15-5-2)24(31)16-20(18-10-6-8-12-22(18)25(26,27)28)21-17-29(3)23-13-9-7-11-19(21)23/h6-13,17,20H,4-5,14-16H2,1-3H3. The maximum absolute atomic E-state index is 13.9. The molecule has 0 bridgehead atoms. The van der Waals surface area contributed by atoms with E-state index in [1.165, 1.54) is 12.1 Å². The topological polar surface area (TPSA) is 25.2 Å². The Bertz CT molecular complexity index is 1030. The number of fused-ring (bicyclic) bond motifs is 1. The van der Waals surface area contributed by atoms with Crippen LogP contribution in [0.25, 0.3) is 10.9 Å². The van der Waals surface area contributed by atoms with Gasteiger partial charge in [-0.3, -0.25) is 4.79 Å². The maximum Gasteiger partial charge on any atom is 0.416 e. The SMILES string of the molecule is CCCN(CCC)C(=O)CC(c1ccccc1C(F)(F)F)c1cn(C)c2ccccc12. The first kappa shape index (κ1) is 22.9. The van der Waals surface area contributed by atoms with Crippen LogP contribution in [0, 0.1) is 0 Å². The van der Waals surface area contributed by atoms with Crippen LogP contribution in [0.15, 0.2) is 54.7 Å². The number of hydrogen-bond acceptors (Lipinski definition) is 1. The van der Waals surface area contributed by atoms with Crippen LogP contribution in [-0.2, 0) is 18.0 Å². The average Bonchev–Trinajstić information content (AvgIpc) is 3.08. The lowest BCUT2D eigenvalue weighted by atomic mass is 9.85. The summed E-state index contributed by atoms with van der Waals surface area (Å²) in [5.74, 6) is -0.800. The monoisotopic (exact) mass is 430 g/mol. The molecule has 166 valence electrons. The van der Waals surface area contributed by atoms with Crippen LogP contribution in [0.1, 0.15) is 55.7 Å². The zero-order valence-electron chi connectivity index (χ0n) is 18.2. The maximum atomic E-state index is 13.9. The molecule has 3 aromatic rings. The Morgan fingerprint density at radius 2 is 1.58 bits per heavy atom. The lowest BCUT2D eigenvalue weighted by Crippen LogP contribution is -2.33. The lowest BCUT2D eigenvalue weighted by Gasteiger charge is -2.26. The molecule has 0 fully saturated rings. The smallest absolute Gasteiger partial charge is 0.350 e. The van der Waals surface area contributed by atoms with Crippen molar-refractivity contribution in [3.05, 3.63) is 71.4 Å². The van der Waals surface area contributed by atoms with Crippen LogP contribution in [0.5, 0.6) is 0 Å². The first-order valence-corrected chi connectivity index (χ1v) is 10.8. The molecule has 0 aliphatic carbocycles. The quantitative estimate of drug-likeness (QED) is 0.408. The molecule has 1 amide bonds. The summed E-state index contributed by atoms with van der Waals surface area (Å²) in [6.07, 6.45) is -1.01. The summed E-state index contributed by atoms with van der Waals surface area (Å²) in [4.78, 5) is 15.0. The van der Waals surface area contributed by atoms with Gasteiger partial charge in [0.25, 0.3) is 0 Å². The van der Waals surface area contributed by atoms with E-state index in [9.17, 15) is 18.0 Å². The Kier molecular flexibility index (Phi) is 7.08. The lowest BCUT2D eigenvalue weighted by molar-refractivity contribution is -0.139. The van der Waals surface area contributed by atoms with Gasteiger partial charge in [-0.25, -0.2) is 0 Å². The number of rotatable bonds is 8. The third-order valence-electron chi connectivity index (χ3n) is 5.66. The number of alkyl halides is 3. The normalized spacial score (nSPS) is 12.8. The van der Waals surface area contributed by atoms with Crippen molar-refractivity contribution >= 4 is 16.8 Å². The molecule has 1 unspecified atom stereocenters. The molecule has 1 atom stereocenters. The van der Waals surface area contributed by atoms with E-state index in [1.807, 2.05) is 55.9 Å². The second kappa shape index (κ2) is 9.58. The fraction of sp³-hybridized carbons (Fsp3) is 0.400. The van der Waals surface area contributed by atoms with Gasteiger partial charge in [0.15, 0.2) is 0 Å². The molecule has 1 heterocycles. The van der Waals surface area contributed by atoms with E-state index in [4.69, 9.17) is 0 Å². The summed E-state index contributed by atoms with van der Waals surface area (Å²) in [5.41, 5.74) is 1.14. The van der Waals surface area contributed by atoms with Gasteiger partial charge in [-0.1, -0.05) is 50.2 Å². The number of carbonyl (C=O) groups is 1. The molecule has 3 rings (SSSR count). The average molecular weight is 431 g/mol. The fourth-order valence-electron chi connectivity index (χ4n) is 4.30. The van der Waals surface area contributed by atoms with Gasteiger partial charge >= 0.3 is 6.18 Å². The number of para-hydroxylation sites is 1. The minimum absolute atomic E-state index is 0.00109. The predicted molar refractivity (Wildman–Crippen MR) is 118 cm³/mol. The zero-order chi connectivity index (χ0) is 22.6. The fourth-order valence-corrected chi connectivity index (χ4v) is 4.30. The first-order valence-electron chi connectivity index (χ1n) is 10.8. The number of carbonyl (C=O) groups excluding carboxylic acids is 1. The summed E-state index contributed by atoms with van der Waals surface area (Å²) >= 11 is 0. The van der Waals surface area contributed by atoms with Crippen molar-refractivity contribution in [2.24, 2.45) is 7.05 Å². The molecule has 2 aromatic carbocycles. The van der Waals surface area contributed by atoms with Crippen molar-refractivity contribution in [2.45, 2.75) is 45.2 Å². The first-order chi connectivity index (χ1) is 14.8. The van der Waals surface area contributed by atoms with E-state index < -0.39 is 17.7 Å². The number of aromatic nitrogens is 1. The van der Waals surface area contributed by atoms with E-state index in [0.29, 0.717) is 13.1 Å². The van der Waals surface area contributed by atoms with Crippen LogP contribution < -0.4 is 0 Å². The van der Waals surface area contributed by atoms with E-state index >= 15 is 0 Å². The number of nitrogens with zero attached hydrogens (tertiary/aromatic N) is 2. The molecule has 0 radical (unpaired) electrons. The molecule has 0 spiro atoms. The van der Waals surface area contributed by atoms with Gasteiger partial charge in [0.05, 0.1) is 5.56 Å². The van der Waals surface area contributed by atoms with E-state index in [1.54, 1.807) is 11.0 Å². The van der Waals surface area contributed by atoms with Crippen molar-refractivity contribution in [3.63, 3.8) is 0 Å². The summed E-state index contributed by atoms with van der Waals surface area (Å²) in [5, 5.41) is 0.873. The number of hydrogen-bond donors (Lipinski definition) is 0. The molecule has 6 heteroatoms. The Morgan fingerprint density at radius 1 is 0.968 bits per heavy atom. The summed E-state index contributed by atoms with van der Waals surface area (Å²) in [6.45, 7) is 5.21. The zero-order valence-corrected chi connectivity index (χ0v) is 18.2. The molecular weight excluding hydrogens is 401 g/mol. The Labute approximate surface area is 181 Å². The number of benzene rings is 2. The van der Waals surface area contributed by atoms with Crippen LogP contribution in [0.2, 0.25) is 0 Å². The third kappa shape index (κ3) is 4.94. The summed E-state index contributed by atoms with van der Waals surface area (Å²) in [7, 11) is 1.88. The van der Waals surface area contributed by atoms with Crippen molar-refractivity contribution < 1.29 is 18.0 Å². The summed E-state index contributed by atoms with van der Waals surface area (Å²) < 4.78 is 43.6. The molecule has 0 aliphatic rings. The number of amides is 1. The molecule has 0 N–H and O–H groups in total.